The SMILES string of the molecule is COc1ccc(Cl)cc1N(CC(=O)N(Cc1ccc(F)cc1)C(C)C(=O)NC(C)(C)C)S(=O)(=O)c1ccc(C)c([N+](=O)[O-])c1. The molecular weight excluding hydrogens is 615 g/mol. The zero-order chi connectivity index (χ0) is 33.0. The van der Waals surface area contributed by atoms with Crippen molar-refractivity contribution >= 4 is 44.8 Å². The molecule has 236 valence electrons. The van der Waals surface area contributed by atoms with Crippen LogP contribution < -0.4 is 14.4 Å². The van der Waals surface area contributed by atoms with Crippen LogP contribution in [0, 0.1) is 22.9 Å². The summed E-state index contributed by atoms with van der Waals surface area (Å²) in [6, 6.07) is 11.8. The van der Waals surface area contributed by atoms with E-state index in [-0.39, 0.29) is 28.6 Å². The molecule has 11 nitrogen and oxygen atoms in total. The number of benzene rings is 3. The lowest BCUT2D eigenvalue weighted by Crippen LogP contribution is -2.54. The second-order valence-electron chi connectivity index (χ2n) is 11.1. The average Bonchev–Trinajstić information content (AvgIpc) is 2.94. The number of sulfonamides is 1. The zero-order valence-corrected chi connectivity index (χ0v) is 26.7. The highest BCUT2D eigenvalue weighted by Crippen LogP contribution is 2.36. The normalized spacial score (nSPS) is 12.3. The number of aryl methyl sites for hydroxylation is 1. The molecule has 0 saturated heterocycles. The number of ether oxygens (including phenoxy) is 1. The minimum Gasteiger partial charge on any atom is -0.495 e. The van der Waals surface area contributed by atoms with Gasteiger partial charge in [-0.3, -0.25) is 24.0 Å². The van der Waals surface area contributed by atoms with E-state index >= 15 is 0 Å². The molecule has 0 fully saturated rings. The van der Waals surface area contributed by atoms with Crippen LogP contribution >= 0.6 is 11.6 Å². The average molecular weight is 649 g/mol. The minimum atomic E-state index is -4.67. The van der Waals surface area contributed by atoms with Crippen molar-refractivity contribution in [2.75, 3.05) is 18.0 Å². The molecule has 1 unspecified atom stereocenters. The van der Waals surface area contributed by atoms with Gasteiger partial charge in [0, 0.05) is 28.7 Å². The van der Waals surface area contributed by atoms with E-state index in [0.717, 1.165) is 10.4 Å². The van der Waals surface area contributed by atoms with E-state index < -0.39 is 61.3 Å². The van der Waals surface area contributed by atoms with E-state index in [2.05, 4.69) is 5.32 Å². The lowest BCUT2D eigenvalue weighted by Gasteiger charge is -2.33. The van der Waals surface area contributed by atoms with E-state index in [4.69, 9.17) is 16.3 Å². The zero-order valence-electron chi connectivity index (χ0n) is 25.1. The first-order chi connectivity index (χ1) is 20.4. The third-order valence-electron chi connectivity index (χ3n) is 6.59. The molecule has 0 aliphatic heterocycles. The Balaban J connectivity index is 2.16. The van der Waals surface area contributed by atoms with Crippen molar-refractivity contribution < 1.29 is 32.1 Å². The molecule has 0 aliphatic carbocycles. The van der Waals surface area contributed by atoms with E-state index in [9.17, 15) is 32.5 Å². The third kappa shape index (κ3) is 8.23. The molecule has 1 atom stereocenters. The summed E-state index contributed by atoms with van der Waals surface area (Å²) < 4.78 is 48.1. The van der Waals surface area contributed by atoms with Crippen LogP contribution in [0.4, 0.5) is 15.8 Å². The summed E-state index contributed by atoms with van der Waals surface area (Å²) >= 11 is 6.23. The maximum atomic E-state index is 14.2. The standard InChI is InChI=1S/C30H34ClFN4O7S/c1-19-7-13-24(16-25(19)36(39)40)44(41,42)35(26-15-22(31)10-14-27(26)43-6)18-28(37)34(17-21-8-11-23(32)12-9-21)20(2)29(38)33-30(3,4)5/h7-16,20H,17-18H2,1-6H3,(H,33,38). The Kier molecular flexibility index (Phi) is 10.6. The molecule has 0 heterocycles. The fourth-order valence-electron chi connectivity index (χ4n) is 4.29. The Morgan fingerprint density at radius 3 is 2.30 bits per heavy atom. The molecule has 3 aromatic carbocycles. The molecular formula is C30H34ClFN4O7S. The number of anilines is 1. The number of methoxy groups -OCH3 is 1. The number of hydrogen-bond donors (Lipinski definition) is 1. The monoisotopic (exact) mass is 648 g/mol. The number of hydrogen-bond acceptors (Lipinski definition) is 7. The first-order valence-electron chi connectivity index (χ1n) is 13.4. The Morgan fingerprint density at radius 2 is 1.73 bits per heavy atom. The van der Waals surface area contributed by atoms with E-state index in [1.807, 2.05) is 0 Å². The van der Waals surface area contributed by atoms with Crippen molar-refractivity contribution in [2.45, 2.75) is 57.6 Å². The number of nitrogens with zero attached hydrogens (tertiary/aromatic N) is 3. The van der Waals surface area contributed by atoms with Gasteiger partial charge in [0.2, 0.25) is 11.8 Å². The summed E-state index contributed by atoms with van der Waals surface area (Å²) in [5.74, 6) is -1.74. The molecule has 2 amide bonds. The van der Waals surface area contributed by atoms with Gasteiger partial charge in [0.1, 0.15) is 24.2 Å². The van der Waals surface area contributed by atoms with Crippen molar-refractivity contribution in [3.63, 3.8) is 0 Å². The highest BCUT2D eigenvalue weighted by molar-refractivity contribution is 7.92. The first-order valence-corrected chi connectivity index (χ1v) is 15.2. The Labute approximate surface area is 260 Å². The highest BCUT2D eigenvalue weighted by Gasteiger charge is 2.35. The molecule has 3 aromatic rings. The molecule has 1 N–H and O–H groups in total. The summed E-state index contributed by atoms with van der Waals surface area (Å²) in [6.07, 6.45) is 0. The molecule has 0 saturated carbocycles. The van der Waals surface area contributed by atoms with E-state index in [1.165, 1.54) is 80.5 Å². The van der Waals surface area contributed by atoms with Gasteiger partial charge in [-0.1, -0.05) is 29.8 Å². The van der Waals surface area contributed by atoms with Crippen LogP contribution in [-0.4, -0.2) is 55.3 Å². The predicted molar refractivity (Wildman–Crippen MR) is 165 cm³/mol. The van der Waals surface area contributed by atoms with Crippen LogP contribution in [-0.2, 0) is 26.2 Å². The van der Waals surface area contributed by atoms with Gasteiger partial charge < -0.3 is 15.0 Å². The van der Waals surface area contributed by atoms with Crippen molar-refractivity contribution in [1.82, 2.24) is 10.2 Å². The van der Waals surface area contributed by atoms with Crippen LogP contribution in [0.25, 0.3) is 0 Å². The topological polar surface area (TPSA) is 139 Å². The van der Waals surface area contributed by atoms with Crippen LogP contribution in [0.5, 0.6) is 5.75 Å². The first kappa shape index (κ1) is 34.3. The summed E-state index contributed by atoms with van der Waals surface area (Å²) in [5.41, 5.74) is -0.453. The Morgan fingerprint density at radius 1 is 1.09 bits per heavy atom. The van der Waals surface area contributed by atoms with Gasteiger partial charge >= 0.3 is 0 Å². The van der Waals surface area contributed by atoms with Gasteiger partial charge in [-0.05, 0) is 76.6 Å². The second kappa shape index (κ2) is 13.6. The molecule has 0 spiro atoms. The van der Waals surface area contributed by atoms with Gasteiger partial charge in [-0.2, -0.15) is 0 Å². The largest absolute Gasteiger partial charge is 0.495 e. The number of amides is 2. The van der Waals surface area contributed by atoms with Crippen molar-refractivity contribution in [2.24, 2.45) is 0 Å². The van der Waals surface area contributed by atoms with E-state index in [1.54, 1.807) is 20.8 Å². The summed E-state index contributed by atoms with van der Waals surface area (Å²) in [4.78, 5) is 38.9. The number of carbonyl (C=O) groups is 2. The fourth-order valence-corrected chi connectivity index (χ4v) is 5.89. The molecule has 14 heteroatoms. The van der Waals surface area contributed by atoms with Crippen LogP contribution in [0.2, 0.25) is 5.02 Å². The van der Waals surface area contributed by atoms with Gasteiger partial charge in [-0.25, -0.2) is 12.8 Å². The smallest absolute Gasteiger partial charge is 0.273 e. The quantitative estimate of drug-likeness (QED) is 0.222. The number of nitrogens with one attached hydrogen (secondary N) is 1. The lowest BCUT2D eigenvalue weighted by atomic mass is 10.1. The molecule has 44 heavy (non-hydrogen) atoms. The third-order valence-corrected chi connectivity index (χ3v) is 8.58. The maximum Gasteiger partial charge on any atom is 0.273 e. The molecule has 0 radical (unpaired) electrons. The van der Waals surface area contributed by atoms with Crippen LogP contribution in [0.3, 0.4) is 0 Å². The number of carbonyl (C=O) groups excluding carboxylic acids is 2. The van der Waals surface area contributed by atoms with Crippen LogP contribution in [0.15, 0.2) is 65.6 Å². The second-order valence-corrected chi connectivity index (χ2v) is 13.4. The lowest BCUT2D eigenvalue weighted by molar-refractivity contribution is -0.385. The summed E-state index contributed by atoms with van der Waals surface area (Å²) in [5, 5.41) is 14.6. The number of nitro groups is 1. The Bertz CT molecular complexity index is 1660. The summed E-state index contributed by atoms with van der Waals surface area (Å²) in [7, 11) is -3.36. The molecule has 3 rings (SSSR count). The van der Waals surface area contributed by atoms with Crippen molar-refractivity contribution in [3.8, 4) is 5.75 Å². The van der Waals surface area contributed by atoms with Gasteiger partial charge in [0.25, 0.3) is 15.7 Å². The van der Waals surface area contributed by atoms with Crippen LogP contribution in [0.1, 0.15) is 38.8 Å². The molecule has 0 aliphatic rings. The minimum absolute atomic E-state index is 0.0518. The van der Waals surface area contributed by atoms with Gasteiger partial charge in [-0.15, -0.1) is 0 Å². The number of nitro benzene ring substituents is 1. The predicted octanol–water partition coefficient (Wildman–Crippen LogP) is 5.23. The highest BCUT2D eigenvalue weighted by atomic mass is 35.5. The van der Waals surface area contributed by atoms with Gasteiger partial charge in [0.05, 0.1) is 22.6 Å². The Hall–Kier alpha value is -4.23. The number of rotatable bonds is 11. The van der Waals surface area contributed by atoms with Crippen molar-refractivity contribution in [1.29, 1.82) is 0 Å². The number of halogens is 2. The van der Waals surface area contributed by atoms with Gasteiger partial charge in [0.15, 0.2) is 0 Å². The summed E-state index contributed by atoms with van der Waals surface area (Å²) in [6.45, 7) is 7.26. The maximum absolute atomic E-state index is 14.2. The molecule has 0 aromatic heterocycles. The molecule has 0 bridgehead atoms. The van der Waals surface area contributed by atoms with E-state index in [0.29, 0.717) is 5.56 Å². The fraction of sp³-hybridized carbons (Fsp3) is 0.333. The van der Waals surface area contributed by atoms with Crippen molar-refractivity contribution in [3.05, 3.63) is 92.7 Å².